The van der Waals surface area contributed by atoms with E-state index in [2.05, 4.69) is 25.4 Å². The van der Waals surface area contributed by atoms with Crippen molar-refractivity contribution in [2.24, 2.45) is 16.6 Å². The summed E-state index contributed by atoms with van der Waals surface area (Å²) in [5.74, 6) is -2.65. The van der Waals surface area contributed by atoms with Crippen molar-refractivity contribution in [3.8, 4) is 10.6 Å². The van der Waals surface area contributed by atoms with Crippen LogP contribution in [0, 0.1) is 17.7 Å². The Morgan fingerprint density at radius 2 is 1.91 bits per heavy atom. The summed E-state index contributed by atoms with van der Waals surface area (Å²) in [5, 5.41) is 8.99. The Morgan fingerprint density at radius 1 is 1.13 bits per heavy atom. The van der Waals surface area contributed by atoms with Crippen LogP contribution >= 0.6 is 11.3 Å². The first-order valence-corrected chi connectivity index (χ1v) is 16.1. The van der Waals surface area contributed by atoms with Crippen molar-refractivity contribution in [2.45, 2.75) is 83.6 Å². The number of amides is 1. The van der Waals surface area contributed by atoms with Crippen LogP contribution in [0.25, 0.3) is 16.3 Å². The van der Waals surface area contributed by atoms with E-state index in [0.717, 1.165) is 69.9 Å². The number of nitrogens with two attached hydrogens (primary N) is 1. The lowest BCUT2D eigenvalue weighted by Gasteiger charge is -2.26. The molecule has 0 saturated heterocycles. The van der Waals surface area contributed by atoms with Crippen molar-refractivity contribution >= 4 is 35.1 Å². The van der Waals surface area contributed by atoms with Gasteiger partial charge in [-0.2, -0.15) is 9.49 Å². The molecule has 11 nitrogen and oxygen atoms in total. The minimum absolute atomic E-state index is 0.0151. The first kappa shape index (κ1) is 32.4. The maximum atomic E-state index is 14.6. The van der Waals surface area contributed by atoms with E-state index < -0.39 is 23.4 Å². The molecule has 1 amide bonds. The Morgan fingerprint density at radius 3 is 2.67 bits per heavy atom. The monoisotopic (exact) mass is 641 g/mol. The molecule has 45 heavy (non-hydrogen) atoms. The summed E-state index contributed by atoms with van der Waals surface area (Å²) in [6.45, 7) is 2.59. The number of allylic oxidation sites excluding steroid dienone is 1. The highest BCUT2D eigenvalue weighted by Crippen LogP contribution is 2.27. The minimum Gasteiger partial charge on any atom is -0.442 e. The van der Waals surface area contributed by atoms with E-state index in [1.165, 1.54) is 22.2 Å². The van der Waals surface area contributed by atoms with Gasteiger partial charge in [0.15, 0.2) is 12.5 Å². The van der Waals surface area contributed by atoms with Crippen LogP contribution in [-0.4, -0.2) is 56.6 Å². The SMILES string of the molecule is CCOC1CCC(N=C/C(NC(=O)c2csc(-c3cnn(COC(=O)C4CCCCC4)c3)n2)=C(\N)c2nc(F)ccc2F)CC1. The molecule has 0 atom stereocenters. The van der Waals surface area contributed by atoms with Gasteiger partial charge >= 0.3 is 5.97 Å². The van der Waals surface area contributed by atoms with Gasteiger partial charge in [0.1, 0.15) is 16.4 Å². The van der Waals surface area contributed by atoms with E-state index in [1.54, 1.807) is 17.8 Å². The molecule has 14 heteroatoms. The fourth-order valence-electron chi connectivity index (χ4n) is 5.51. The molecule has 2 fully saturated rings. The molecule has 3 aromatic rings. The van der Waals surface area contributed by atoms with Crippen LogP contribution in [0.3, 0.4) is 0 Å². The van der Waals surface area contributed by atoms with Gasteiger partial charge in [0.25, 0.3) is 5.91 Å². The molecule has 2 aliphatic carbocycles. The van der Waals surface area contributed by atoms with Gasteiger partial charge in [0.2, 0.25) is 5.95 Å². The number of aromatic nitrogens is 4. The van der Waals surface area contributed by atoms with Crippen molar-refractivity contribution in [3.05, 3.63) is 58.8 Å². The Kier molecular flexibility index (Phi) is 11.0. The number of pyridine rings is 1. The van der Waals surface area contributed by atoms with Crippen LogP contribution in [0.1, 0.15) is 80.9 Å². The predicted octanol–water partition coefficient (Wildman–Crippen LogP) is 5.24. The van der Waals surface area contributed by atoms with E-state index >= 15 is 0 Å². The first-order valence-electron chi connectivity index (χ1n) is 15.2. The van der Waals surface area contributed by atoms with Gasteiger partial charge in [0, 0.05) is 30.0 Å². The van der Waals surface area contributed by atoms with E-state index in [9.17, 15) is 18.4 Å². The van der Waals surface area contributed by atoms with Crippen LogP contribution in [0.2, 0.25) is 0 Å². The summed E-state index contributed by atoms with van der Waals surface area (Å²) in [6, 6.07) is 1.76. The maximum absolute atomic E-state index is 14.6. The molecule has 0 aliphatic heterocycles. The summed E-state index contributed by atoms with van der Waals surface area (Å²) < 4.78 is 41.1. The predicted molar refractivity (Wildman–Crippen MR) is 165 cm³/mol. The number of aliphatic imine (C=N–C) groups is 1. The molecule has 0 bridgehead atoms. The summed E-state index contributed by atoms with van der Waals surface area (Å²) in [6.07, 6.45) is 13.0. The standard InChI is InChI=1S/C31H37F2N7O4S/c1-2-43-22-10-8-21(9-11-22)35-15-24(27(34)28-23(32)12-13-26(33)39-28)37-29(41)25-17-45-30(38-25)20-14-36-40(16-20)18-44-31(42)19-6-4-3-5-7-19/h12-17,19,21-22H,2-11,18,34H2,1H3,(H,37,41)/b27-24+,35-15?. The molecule has 3 aromatic heterocycles. The number of carbonyl (C=O) groups is 2. The largest absolute Gasteiger partial charge is 0.442 e. The van der Waals surface area contributed by atoms with E-state index in [0.29, 0.717) is 17.2 Å². The Hall–Kier alpha value is -4.04. The summed E-state index contributed by atoms with van der Waals surface area (Å²) in [5.41, 5.74) is 6.21. The number of hydrogen-bond donors (Lipinski definition) is 2. The van der Waals surface area contributed by atoms with Gasteiger partial charge in [0.05, 0.1) is 35.7 Å². The molecular formula is C31H37F2N7O4S. The number of rotatable bonds is 11. The molecule has 0 spiro atoms. The second-order valence-corrected chi connectivity index (χ2v) is 12.0. The van der Waals surface area contributed by atoms with Crippen molar-refractivity contribution in [3.63, 3.8) is 0 Å². The van der Waals surface area contributed by atoms with Gasteiger partial charge in [-0.15, -0.1) is 11.3 Å². The Labute approximate surface area is 263 Å². The summed E-state index contributed by atoms with van der Waals surface area (Å²) in [7, 11) is 0. The third kappa shape index (κ3) is 8.57. The lowest BCUT2D eigenvalue weighted by molar-refractivity contribution is -0.154. The minimum atomic E-state index is -0.917. The zero-order valence-electron chi connectivity index (χ0n) is 25.1. The second-order valence-electron chi connectivity index (χ2n) is 11.1. The first-order chi connectivity index (χ1) is 21.8. The van der Waals surface area contributed by atoms with E-state index in [4.69, 9.17) is 15.2 Å². The zero-order chi connectivity index (χ0) is 31.8. The fraction of sp³-hybridized carbons (Fsp3) is 0.484. The van der Waals surface area contributed by atoms with Crippen molar-refractivity contribution in [1.29, 1.82) is 0 Å². The topological polar surface area (TPSA) is 147 Å². The van der Waals surface area contributed by atoms with Crippen molar-refractivity contribution in [1.82, 2.24) is 25.1 Å². The second kappa shape index (κ2) is 15.3. The zero-order valence-corrected chi connectivity index (χ0v) is 25.9. The van der Waals surface area contributed by atoms with Gasteiger partial charge in [-0.3, -0.25) is 14.6 Å². The summed E-state index contributed by atoms with van der Waals surface area (Å²) in [4.78, 5) is 38.3. The van der Waals surface area contributed by atoms with Crippen LogP contribution in [0.4, 0.5) is 8.78 Å². The number of esters is 1. The lowest BCUT2D eigenvalue weighted by atomic mass is 9.89. The van der Waals surface area contributed by atoms with Crippen LogP contribution < -0.4 is 11.1 Å². The number of hydrogen-bond acceptors (Lipinski definition) is 10. The molecule has 240 valence electrons. The van der Waals surface area contributed by atoms with Gasteiger partial charge in [-0.25, -0.2) is 19.0 Å². The van der Waals surface area contributed by atoms with Crippen LogP contribution in [0.15, 0.2) is 40.6 Å². The van der Waals surface area contributed by atoms with Crippen molar-refractivity contribution in [2.75, 3.05) is 6.61 Å². The average molecular weight is 642 g/mol. The highest BCUT2D eigenvalue weighted by atomic mass is 32.1. The van der Waals surface area contributed by atoms with E-state index in [1.807, 2.05) is 6.92 Å². The Bertz CT molecular complexity index is 1540. The third-order valence-corrected chi connectivity index (χ3v) is 8.85. The number of nitrogens with zero attached hydrogens (tertiary/aromatic N) is 5. The fourth-order valence-corrected chi connectivity index (χ4v) is 6.28. The molecule has 5 rings (SSSR count). The molecule has 0 radical (unpaired) electrons. The van der Waals surface area contributed by atoms with Gasteiger partial charge in [-0.1, -0.05) is 19.3 Å². The number of nitrogens with one attached hydrogen (secondary N) is 1. The molecule has 3 heterocycles. The maximum Gasteiger partial charge on any atom is 0.310 e. The molecule has 0 unspecified atom stereocenters. The normalized spacial score (nSPS) is 19.8. The molecule has 0 aromatic carbocycles. The quantitative estimate of drug-likeness (QED) is 0.164. The molecule has 3 N–H and O–H groups in total. The number of carbonyl (C=O) groups excluding carboxylic acids is 2. The van der Waals surface area contributed by atoms with Gasteiger partial charge in [-0.05, 0) is 57.6 Å². The number of halogens is 2. The highest BCUT2D eigenvalue weighted by Gasteiger charge is 2.24. The molecule has 2 saturated carbocycles. The molecule has 2 aliphatic rings. The Balaban J connectivity index is 1.27. The number of thiazole rings is 1. The lowest BCUT2D eigenvalue weighted by Crippen LogP contribution is -2.28. The summed E-state index contributed by atoms with van der Waals surface area (Å²) >= 11 is 1.22. The smallest absolute Gasteiger partial charge is 0.310 e. The average Bonchev–Trinajstić information content (AvgIpc) is 3.74. The highest BCUT2D eigenvalue weighted by molar-refractivity contribution is 7.13. The number of ether oxygens (including phenoxy) is 2. The van der Waals surface area contributed by atoms with E-state index in [-0.39, 0.29) is 47.9 Å². The van der Waals surface area contributed by atoms with Crippen LogP contribution in [-0.2, 0) is 21.0 Å². The van der Waals surface area contributed by atoms with Crippen molar-refractivity contribution < 1.29 is 27.8 Å². The van der Waals surface area contributed by atoms with Crippen LogP contribution in [0.5, 0.6) is 0 Å². The third-order valence-electron chi connectivity index (χ3n) is 7.96. The van der Waals surface area contributed by atoms with Gasteiger partial charge < -0.3 is 20.5 Å². The molecular weight excluding hydrogens is 604 g/mol.